The van der Waals surface area contributed by atoms with Gasteiger partial charge in [-0.2, -0.15) is 0 Å². The lowest BCUT2D eigenvalue weighted by atomic mass is 9.85. The Morgan fingerprint density at radius 3 is 2.71 bits per heavy atom. The highest BCUT2D eigenvalue weighted by molar-refractivity contribution is 7.90. The zero-order chi connectivity index (χ0) is 12.5. The molecule has 2 rings (SSSR count). The van der Waals surface area contributed by atoms with Crippen LogP contribution in [0.4, 0.5) is 0 Å². The molecule has 0 aromatic carbocycles. The molecular weight excluding hydrogens is 240 g/mol. The van der Waals surface area contributed by atoms with E-state index in [-0.39, 0.29) is 17.7 Å². The van der Waals surface area contributed by atoms with Crippen LogP contribution in [0, 0.1) is 5.92 Å². The van der Waals surface area contributed by atoms with Crippen molar-refractivity contribution in [3.8, 4) is 0 Å². The average molecular weight is 260 g/mol. The molecule has 0 aromatic rings. The van der Waals surface area contributed by atoms with Crippen molar-refractivity contribution >= 4 is 15.9 Å². The molecule has 0 radical (unpaired) electrons. The van der Waals surface area contributed by atoms with Crippen LogP contribution in [-0.2, 0) is 14.8 Å². The lowest BCUT2D eigenvalue weighted by Gasteiger charge is -2.24. The first-order chi connectivity index (χ1) is 8.02. The van der Waals surface area contributed by atoms with Crippen molar-refractivity contribution in [2.24, 2.45) is 5.92 Å². The third-order valence-corrected chi connectivity index (χ3v) is 5.09. The SMILES string of the molecule is CCS(=O)(=O)NC(=O)C1CC2CCCCC2N1. The molecule has 2 aliphatic rings. The summed E-state index contributed by atoms with van der Waals surface area (Å²) in [5.41, 5.74) is 0. The molecule has 98 valence electrons. The molecule has 6 heteroatoms. The Balaban J connectivity index is 1.94. The Labute approximate surface area is 102 Å². The number of rotatable bonds is 3. The summed E-state index contributed by atoms with van der Waals surface area (Å²) < 4.78 is 24.8. The zero-order valence-corrected chi connectivity index (χ0v) is 10.9. The quantitative estimate of drug-likeness (QED) is 0.769. The molecule has 2 N–H and O–H groups in total. The van der Waals surface area contributed by atoms with Crippen LogP contribution < -0.4 is 10.0 Å². The first-order valence-electron chi connectivity index (χ1n) is 6.32. The molecule has 0 spiro atoms. The third kappa shape index (κ3) is 2.98. The minimum absolute atomic E-state index is 0.0572. The molecule has 2 fully saturated rings. The predicted octanol–water partition coefficient (Wildman–Crippen LogP) is 0.373. The topological polar surface area (TPSA) is 75.3 Å². The van der Waals surface area contributed by atoms with Gasteiger partial charge in [0.15, 0.2) is 0 Å². The van der Waals surface area contributed by atoms with Gasteiger partial charge in [0, 0.05) is 6.04 Å². The van der Waals surface area contributed by atoms with Gasteiger partial charge in [0.2, 0.25) is 10.0 Å². The van der Waals surface area contributed by atoms with Gasteiger partial charge in [-0.05, 0) is 32.1 Å². The fourth-order valence-corrected chi connectivity index (χ4v) is 3.41. The number of carbonyl (C=O) groups excluding carboxylic acids is 1. The summed E-state index contributed by atoms with van der Waals surface area (Å²) in [6, 6.07) is 0.0771. The molecule has 3 unspecified atom stereocenters. The van der Waals surface area contributed by atoms with E-state index in [1.807, 2.05) is 0 Å². The van der Waals surface area contributed by atoms with Crippen molar-refractivity contribution in [2.75, 3.05) is 5.75 Å². The van der Waals surface area contributed by atoms with E-state index in [0.29, 0.717) is 12.0 Å². The van der Waals surface area contributed by atoms with Crippen LogP contribution in [0.25, 0.3) is 0 Å². The van der Waals surface area contributed by atoms with Gasteiger partial charge in [-0.15, -0.1) is 0 Å². The highest BCUT2D eigenvalue weighted by Gasteiger charge is 2.38. The van der Waals surface area contributed by atoms with Gasteiger partial charge < -0.3 is 5.32 Å². The standard InChI is InChI=1S/C11H20N2O3S/c1-2-17(15,16)13-11(14)10-7-8-5-3-4-6-9(8)12-10/h8-10,12H,2-7H2,1H3,(H,13,14). The summed E-state index contributed by atoms with van der Waals surface area (Å²) in [6.45, 7) is 1.53. The highest BCUT2D eigenvalue weighted by Crippen LogP contribution is 2.33. The summed E-state index contributed by atoms with van der Waals surface area (Å²) in [6.07, 6.45) is 5.47. The monoisotopic (exact) mass is 260 g/mol. The number of hydrogen-bond donors (Lipinski definition) is 2. The van der Waals surface area contributed by atoms with Crippen molar-refractivity contribution in [1.29, 1.82) is 0 Å². The molecule has 0 bridgehead atoms. The van der Waals surface area contributed by atoms with E-state index in [0.717, 1.165) is 19.3 Å². The Bertz CT molecular complexity index is 380. The maximum atomic E-state index is 11.8. The Kier molecular flexibility index (Phi) is 3.73. The number of carbonyl (C=O) groups is 1. The summed E-state index contributed by atoms with van der Waals surface area (Å²) in [5.74, 6) is 0.100. The minimum atomic E-state index is -3.43. The first kappa shape index (κ1) is 12.8. The van der Waals surface area contributed by atoms with Crippen molar-refractivity contribution < 1.29 is 13.2 Å². The largest absolute Gasteiger partial charge is 0.303 e. The van der Waals surface area contributed by atoms with E-state index in [2.05, 4.69) is 10.0 Å². The van der Waals surface area contributed by atoms with Gasteiger partial charge in [-0.3, -0.25) is 9.52 Å². The number of fused-ring (bicyclic) bond motifs is 1. The van der Waals surface area contributed by atoms with Crippen molar-refractivity contribution in [1.82, 2.24) is 10.0 Å². The molecule has 5 nitrogen and oxygen atoms in total. The normalized spacial score (nSPS) is 33.1. The number of nitrogens with one attached hydrogen (secondary N) is 2. The number of amides is 1. The first-order valence-corrected chi connectivity index (χ1v) is 7.97. The van der Waals surface area contributed by atoms with Gasteiger partial charge in [0.1, 0.15) is 0 Å². The average Bonchev–Trinajstić information content (AvgIpc) is 2.72. The van der Waals surface area contributed by atoms with Gasteiger partial charge >= 0.3 is 0 Å². The van der Waals surface area contributed by atoms with E-state index in [1.165, 1.54) is 19.8 Å². The Hall–Kier alpha value is -0.620. The highest BCUT2D eigenvalue weighted by atomic mass is 32.2. The summed E-state index contributed by atoms with van der Waals surface area (Å²) in [5, 5.41) is 3.26. The maximum absolute atomic E-state index is 11.8. The fraction of sp³-hybridized carbons (Fsp3) is 0.909. The van der Waals surface area contributed by atoms with Gasteiger partial charge in [0.05, 0.1) is 11.8 Å². The summed E-state index contributed by atoms with van der Waals surface area (Å²) >= 11 is 0. The smallest absolute Gasteiger partial charge is 0.250 e. The zero-order valence-electron chi connectivity index (χ0n) is 10.1. The lowest BCUT2D eigenvalue weighted by Crippen LogP contribution is -2.45. The van der Waals surface area contributed by atoms with Crippen molar-refractivity contribution in [2.45, 2.75) is 51.1 Å². The van der Waals surface area contributed by atoms with E-state index in [1.54, 1.807) is 0 Å². The predicted molar refractivity (Wildman–Crippen MR) is 64.9 cm³/mol. The molecule has 1 aliphatic carbocycles. The van der Waals surface area contributed by atoms with Gasteiger partial charge in [-0.25, -0.2) is 8.42 Å². The van der Waals surface area contributed by atoms with E-state index in [9.17, 15) is 13.2 Å². The van der Waals surface area contributed by atoms with E-state index < -0.39 is 10.0 Å². The lowest BCUT2D eigenvalue weighted by molar-refractivity contribution is -0.121. The summed E-state index contributed by atoms with van der Waals surface area (Å²) in [4.78, 5) is 11.8. The second-order valence-electron chi connectivity index (χ2n) is 4.98. The van der Waals surface area contributed by atoms with Gasteiger partial charge in [-0.1, -0.05) is 12.8 Å². The third-order valence-electron chi connectivity index (χ3n) is 3.82. The molecule has 1 saturated heterocycles. The van der Waals surface area contributed by atoms with Crippen molar-refractivity contribution in [3.63, 3.8) is 0 Å². The second kappa shape index (κ2) is 4.94. The molecule has 1 saturated carbocycles. The molecular formula is C11H20N2O3S. The van der Waals surface area contributed by atoms with Crippen LogP contribution in [0.15, 0.2) is 0 Å². The van der Waals surface area contributed by atoms with Crippen LogP contribution >= 0.6 is 0 Å². The van der Waals surface area contributed by atoms with Gasteiger partial charge in [0.25, 0.3) is 5.91 Å². The molecule has 1 amide bonds. The van der Waals surface area contributed by atoms with Crippen LogP contribution in [0.5, 0.6) is 0 Å². The van der Waals surface area contributed by atoms with E-state index >= 15 is 0 Å². The molecule has 0 aromatic heterocycles. The maximum Gasteiger partial charge on any atom is 0.250 e. The Morgan fingerprint density at radius 2 is 2.06 bits per heavy atom. The van der Waals surface area contributed by atoms with Crippen LogP contribution in [0.2, 0.25) is 0 Å². The second-order valence-corrected chi connectivity index (χ2v) is 6.99. The Morgan fingerprint density at radius 1 is 1.35 bits per heavy atom. The van der Waals surface area contributed by atoms with Crippen LogP contribution in [0.1, 0.15) is 39.0 Å². The number of hydrogen-bond acceptors (Lipinski definition) is 4. The van der Waals surface area contributed by atoms with E-state index in [4.69, 9.17) is 0 Å². The minimum Gasteiger partial charge on any atom is -0.303 e. The molecule has 3 atom stereocenters. The number of sulfonamides is 1. The fourth-order valence-electron chi connectivity index (χ4n) is 2.82. The van der Waals surface area contributed by atoms with Crippen LogP contribution in [-0.4, -0.2) is 32.2 Å². The molecule has 1 heterocycles. The van der Waals surface area contributed by atoms with Crippen molar-refractivity contribution in [3.05, 3.63) is 0 Å². The molecule has 17 heavy (non-hydrogen) atoms. The van der Waals surface area contributed by atoms with Crippen LogP contribution in [0.3, 0.4) is 0 Å². The molecule has 1 aliphatic heterocycles. The summed E-state index contributed by atoms with van der Waals surface area (Å²) in [7, 11) is -3.43.